The Labute approximate surface area is 153 Å². The predicted octanol–water partition coefficient (Wildman–Crippen LogP) is 3.11. The molecule has 1 aliphatic heterocycles. The van der Waals surface area contributed by atoms with Crippen molar-refractivity contribution < 1.29 is 4.79 Å². The van der Waals surface area contributed by atoms with E-state index in [1.807, 2.05) is 50.4 Å². The van der Waals surface area contributed by atoms with Gasteiger partial charge in [-0.1, -0.05) is 23.7 Å². The zero-order chi connectivity index (χ0) is 17.8. The molecular weight excluding hydrogens is 336 g/mol. The van der Waals surface area contributed by atoms with Crippen molar-refractivity contribution >= 4 is 29.0 Å². The molecule has 3 rings (SSSR count). The molecule has 1 amide bonds. The first-order chi connectivity index (χ1) is 12.0. The number of rotatable bonds is 4. The van der Waals surface area contributed by atoms with Crippen LogP contribution in [0.1, 0.15) is 11.1 Å². The molecule has 1 N–H and O–H groups in total. The fourth-order valence-corrected chi connectivity index (χ4v) is 3.50. The molecule has 2 aromatic rings. The van der Waals surface area contributed by atoms with Crippen molar-refractivity contribution in [2.75, 3.05) is 42.9 Å². The van der Waals surface area contributed by atoms with Crippen LogP contribution in [-0.4, -0.2) is 48.5 Å². The van der Waals surface area contributed by atoms with Gasteiger partial charge in [-0.25, -0.2) is 4.98 Å². The van der Waals surface area contributed by atoms with Crippen molar-refractivity contribution in [2.24, 2.45) is 0 Å². The molecule has 0 saturated carbocycles. The van der Waals surface area contributed by atoms with Gasteiger partial charge in [0.25, 0.3) is 0 Å². The van der Waals surface area contributed by atoms with Crippen LogP contribution in [0.25, 0.3) is 0 Å². The van der Waals surface area contributed by atoms with Crippen LogP contribution in [0.15, 0.2) is 36.5 Å². The van der Waals surface area contributed by atoms with E-state index in [0.717, 1.165) is 43.1 Å². The average molecular weight is 359 g/mol. The SMILES string of the molecule is Cc1cc(C)c(NC(=O)CN2CCN(c3ccccn3)CC2)c(Cl)c1. The molecule has 1 aromatic heterocycles. The summed E-state index contributed by atoms with van der Waals surface area (Å²) in [5, 5.41) is 3.55. The maximum absolute atomic E-state index is 12.4. The molecule has 0 atom stereocenters. The van der Waals surface area contributed by atoms with Gasteiger partial charge in [-0.2, -0.15) is 0 Å². The third kappa shape index (κ3) is 4.50. The van der Waals surface area contributed by atoms with Crippen molar-refractivity contribution in [1.82, 2.24) is 9.88 Å². The van der Waals surface area contributed by atoms with E-state index in [0.29, 0.717) is 17.3 Å². The highest BCUT2D eigenvalue weighted by atomic mass is 35.5. The van der Waals surface area contributed by atoms with Gasteiger partial charge in [-0.05, 0) is 43.2 Å². The number of nitrogens with one attached hydrogen (secondary N) is 1. The highest BCUT2D eigenvalue weighted by Gasteiger charge is 2.20. The van der Waals surface area contributed by atoms with E-state index in [2.05, 4.69) is 20.1 Å². The number of hydrogen-bond acceptors (Lipinski definition) is 4. The monoisotopic (exact) mass is 358 g/mol. The van der Waals surface area contributed by atoms with Crippen LogP contribution in [0.2, 0.25) is 5.02 Å². The van der Waals surface area contributed by atoms with Gasteiger partial charge in [0.15, 0.2) is 0 Å². The van der Waals surface area contributed by atoms with Crippen LogP contribution in [0.4, 0.5) is 11.5 Å². The summed E-state index contributed by atoms with van der Waals surface area (Å²) in [4.78, 5) is 21.2. The van der Waals surface area contributed by atoms with Crippen LogP contribution in [0.3, 0.4) is 0 Å². The van der Waals surface area contributed by atoms with Gasteiger partial charge < -0.3 is 10.2 Å². The smallest absolute Gasteiger partial charge is 0.238 e. The molecule has 1 aliphatic rings. The summed E-state index contributed by atoms with van der Waals surface area (Å²) in [6, 6.07) is 9.82. The van der Waals surface area contributed by atoms with Crippen LogP contribution in [0.5, 0.6) is 0 Å². The summed E-state index contributed by atoms with van der Waals surface area (Å²) < 4.78 is 0. The summed E-state index contributed by atoms with van der Waals surface area (Å²) in [5.41, 5.74) is 2.79. The van der Waals surface area contributed by atoms with Crippen molar-refractivity contribution in [2.45, 2.75) is 13.8 Å². The molecule has 0 unspecified atom stereocenters. The third-order valence-electron chi connectivity index (χ3n) is 4.41. The average Bonchev–Trinajstić information content (AvgIpc) is 2.59. The summed E-state index contributed by atoms with van der Waals surface area (Å²) in [7, 11) is 0. The molecule has 0 bridgehead atoms. The zero-order valence-electron chi connectivity index (χ0n) is 14.6. The first-order valence-corrected chi connectivity index (χ1v) is 8.85. The van der Waals surface area contributed by atoms with E-state index < -0.39 is 0 Å². The number of aromatic nitrogens is 1. The number of pyridine rings is 1. The van der Waals surface area contributed by atoms with E-state index in [4.69, 9.17) is 11.6 Å². The molecule has 1 saturated heterocycles. The number of anilines is 2. The Morgan fingerprint density at radius 3 is 2.60 bits per heavy atom. The first-order valence-electron chi connectivity index (χ1n) is 8.48. The second-order valence-electron chi connectivity index (χ2n) is 6.44. The number of piperazine rings is 1. The lowest BCUT2D eigenvalue weighted by atomic mass is 10.1. The Bertz CT molecular complexity index is 719. The Hall–Kier alpha value is -2.11. The molecule has 6 heteroatoms. The van der Waals surface area contributed by atoms with E-state index in [-0.39, 0.29) is 5.91 Å². The van der Waals surface area contributed by atoms with E-state index in [1.165, 1.54) is 0 Å². The van der Waals surface area contributed by atoms with Crippen LogP contribution in [0, 0.1) is 13.8 Å². The van der Waals surface area contributed by atoms with Gasteiger partial charge in [0.05, 0.1) is 17.3 Å². The number of halogens is 1. The maximum atomic E-state index is 12.4. The number of hydrogen-bond donors (Lipinski definition) is 1. The molecule has 2 heterocycles. The minimum atomic E-state index is -0.0276. The molecule has 5 nitrogen and oxygen atoms in total. The van der Waals surface area contributed by atoms with Gasteiger partial charge >= 0.3 is 0 Å². The second-order valence-corrected chi connectivity index (χ2v) is 6.85. The van der Waals surface area contributed by atoms with Gasteiger partial charge in [0.2, 0.25) is 5.91 Å². The van der Waals surface area contributed by atoms with Crippen molar-refractivity contribution in [3.8, 4) is 0 Å². The zero-order valence-corrected chi connectivity index (χ0v) is 15.4. The first kappa shape index (κ1) is 17.7. The Balaban J connectivity index is 1.53. The molecule has 0 radical (unpaired) electrons. The summed E-state index contributed by atoms with van der Waals surface area (Å²) in [5.74, 6) is 0.966. The quantitative estimate of drug-likeness (QED) is 0.912. The Kier molecular flexibility index (Phi) is 5.56. The number of benzene rings is 1. The van der Waals surface area contributed by atoms with Crippen molar-refractivity contribution in [3.63, 3.8) is 0 Å². The van der Waals surface area contributed by atoms with Crippen LogP contribution >= 0.6 is 11.6 Å². The topological polar surface area (TPSA) is 48.5 Å². The fourth-order valence-electron chi connectivity index (χ4n) is 3.13. The molecule has 1 fully saturated rings. The normalized spacial score (nSPS) is 15.2. The number of nitrogens with zero attached hydrogens (tertiary/aromatic N) is 3. The molecule has 0 aliphatic carbocycles. The summed E-state index contributed by atoms with van der Waals surface area (Å²) in [6.45, 7) is 7.74. The molecule has 1 aromatic carbocycles. The van der Waals surface area contributed by atoms with E-state index in [1.54, 1.807) is 0 Å². The number of aryl methyl sites for hydroxylation is 2. The molecular formula is C19H23ClN4O. The lowest BCUT2D eigenvalue weighted by molar-refractivity contribution is -0.117. The minimum absolute atomic E-state index is 0.0276. The number of carbonyl (C=O) groups is 1. The summed E-state index contributed by atoms with van der Waals surface area (Å²) in [6.07, 6.45) is 1.81. The molecule has 0 spiro atoms. The highest BCUT2D eigenvalue weighted by Crippen LogP contribution is 2.27. The third-order valence-corrected chi connectivity index (χ3v) is 4.71. The van der Waals surface area contributed by atoms with E-state index >= 15 is 0 Å². The highest BCUT2D eigenvalue weighted by molar-refractivity contribution is 6.34. The van der Waals surface area contributed by atoms with Crippen molar-refractivity contribution in [1.29, 1.82) is 0 Å². The number of carbonyl (C=O) groups excluding carboxylic acids is 1. The predicted molar refractivity (Wildman–Crippen MR) is 102 cm³/mol. The molecule has 25 heavy (non-hydrogen) atoms. The van der Waals surface area contributed by atoms with Crippen LogP contribution in [-0.2, 0) is 4.79 Å². The van der Waals surface area contributed by atoms with Gasteiger partial charge in [-0.3, -0.25) is 9.69 Å². The standard InChI is InChI=1S/C19H23ClN4O/c1-14-11-15(2)19(16(20)12-14)22-18(25)13-23-7-9-24(10-8-23)17-5-3-4-6-21-17/h3-6,11-12H,7-10,13H2,1-2H3,(H,22,25). The van der Waals surface area contributed by atoms with Crippen LogP contribution < -0.4 is 10.2 Å². The Morgan fingerprint density at radius 1 is 1.20 bits per heavy atom. The van der Waals surface area contributed by atoms with Gasteiger partial charge in [-0.15, -0.1) is 0 Å². The lowest BCUT2D eigenvalue weighted by Gasteiger charge is -2.35. The van der Waals surface area contributed by atoms with E-state index in [9.17, 15) is 4.79 Å². The van der Waals surface area contributed by atoms with Crippen molar-refractivity contribution in [3.05, 3.63) is 52.7 Å². The Morgan fingerprint density at radius 2 is 1.96 bits per heavy atom. The summed E-state index contributed by atoms with van der Waals surface area (Å²) >= 11 is 6.27. The maximum Gasteiger partial charge on any atom is 0.238 e. The lowest BCUT2D eigenvalue weighted by Crippen LogP contribution is -2.48. The van der Waals surface area contributed by atoms with Gasteiger partial charge in [0.1, 0.15) is 5.82 Å². The second kappa shape index (κ2) is 7.85. The van der Waals surface area contributed by atoms with Gasteiger partial charge in [0, 0.05) is 32.4 Å². The minimum Gasteiger partial charge on any atom is -0.354 e. The fraction of sp³-hybridized carbons (Fsp3) is 0.368. The largest absolute Gasteiger partial charge is 0.354 e. The number of amides is 1. The molecule has 132 valence electrons.